The van der Waals surface area contributed by atoms with Gasteiger partial charge in [-0.2, -0.15) is 13.8 Å². The number of fused-ring (bicyclic) bond motifs is 1. The van der Waals surface area contributed by atoms with Gasteiger partial charge in [0.15, 0.2) is 0 Å². The summed E-state index contributed by atoms with van der Waals surface area (Å²) in [7, 11) is 5.90. The zero-order chi connectivity index (χ0) is 22.9. The molecule has 0 unspecified atom stereocenters. The van der Waals surface area contributed by atoms with E-state index in [1.807, 2.05) is 0 Å². The highest BCUT2D eigenvalue weighted by Crippen LogP contribution is 2.33. The molecule has 0 aliphatic rings. The summed E-state index contributed by atoms with van der Waals surface area (Å²) in [6.45, 7) is 1.51. The normalized spacial score (nSPS) is 12.0. The van der Waals surface area contributed by atoms with Crippen molar-refractivity contribution in [2.45, 2.75) is 22.6 Å². The average Bonchev–Trinajstić information content (AvgIpc) is 3.14. The van der Waals surface area contributed by atoms with Crippen LogP contribution in [-0.4, -0.2) is 12.8 Å². The molecule has 2 radical (unpaired) electrons. The van der Waals surface area contributed by atoms with E-state index < -0.39 is 17.6 Å². The minimum Gasteiger partial charge on any atom is -0.424 e. The summed E-state index contributed by atoms with van der Waals surface area (Å²) in [4.78, 5) is 5.24. The monoisotopic (exact) mass is 454 g/mol. The van der Waals surface area contributed by atoms with Crippen molar-refractivity contribution < 1.29 is 22.0 Å². The van der Waals surface area contributed by atoms with Gasteiger partial charge in [-0.05, 0) is 55.5 Å². The molecule has 0 aliphatic carbocycles. The van der Waals surface area contributed by atoms with Crippen LogP contribution in [0.2, 0.25) is 0 Å². The van der Waals surface area contributed by atoms with Gasteiger partial charge in [-0.15, -0.1) is 0 Å². The molecule has 1 N–H and O–H groups in total. The molecule has 0 atom stereocenters. The van der Waals surface area contributed by atoms with Gasteiger partial charge in [-0.25, -0.2) is 8.78 Å². The van der Waals surface area contributed by atoms with Crippen LogP contribution in [0.25, 0.3) is 11.1 Å². The molecule has 3 nitrogen and oxygen atoms in total. The lowest BCUT2D eigenvalue weighted by Gasteiger charge is -2.12. The first kappa shape index (κ1) is 22.0. The Kier molecular flexibility index (Phi) is 6.01. The highest BCUT2D eigenvalue weighted by Gasteiger charge is 2.29. The largest absolute Gasteiger partial charge is 0.424 e. The van der Waals surface area contributed by atoms with Crippen LogP contribution >= 0.6 is 11.8 Å². The van der Waals surface area contributed by atoms with Crippen molar-refractivity contribution in [3.8, 4) is 0 Å². The van der Waals surface area contributed by atoms with Gasteiger partial charge in [-0.1, -0.05) is 29.4 Å². The number of nitrogens with one attached hydrogen (secondary N) is 1. The third-order valence-corrected chi connectivity index (χ3v) is 5.57. The zero-order valence-electron chi connectivity index (χ0n) is 16.7. The molecule has 0 saturated carbocycles. The Bertz CT molecular complexity index is 1310. The van der Waals surface area contributed by atoms with Crippen molar-refractivity contribution in [3.05, 3.63) is 83.9 Å². The number of allylic oxidation sites excluding steroid dienone is 2. The lowest BCUT2D eigenvalue weighted by Crippen LogP contribution is -2.14. The molecule has 4 rings (SSSR count). The standard InChI is InChI=1S/C23H15BF4N2OS/c1-2-9-23(27,28)13-10-17(24)21-19(11-13)30-22(31-21)29-15-4-6-16(7-5-15)32-20-8-3-14(25)12-18(20)26/h2-12H,1H3,(H,29,30)/b9-2+. The lowest BCUT2D eigenvalue weighted by atomic mass is 9.91. The third kappa shape index (κ3) is 4.67. The van der Waals surface area contributed by atoms with Crippen molar-refractivity contribution in [2.75, 3.05) is 5.32 Å². The highest BCUT2D eigenvalue weighted by atomic mass is 32.2. The minimum absolute atomic E-state index is 0.0512. The Labute approximate surface area is 186 Å². The molecule has 0 saturated heterocycles. The smallest absolute Gasteiger partial charge is 0.300 e. The van der Waals surface area contributed by atoms with Gasteiger partial charge in [-0.3, -0.25) is 0 Å². The van der Waals surface area contributed by atoms with Crippen LogP contribution in [0.5, 0.6) is 0 Å². The van der Waals surface area contributed by atoms with E-state index in [1.165, 1.54) is 31.2 Å². The number of rotatable bonds is 6. The molecular formula is C23H15BF4N2OS. The van der Waals surface area contributed by atoms with Crippen LogP contribution in [0.15, 0.2) is 81.0 Å². The fraction of sp³-hybridized carbons (Fsp3) is 0.0870. The molecular weight excluding hydrogens is 439 g/mol. The summed E-state index contributed by atoms with van der Waals surface area (Å²) in [5.74, 6) is -4.45. The Morgan fingerprint density at radius 3 is 2.50 bits per heavy atom. The molecule has 0 aliphatic heterocycles. The average molecular weight is 454 g/mol. The van der Waals surface area contributed by atoms with Crippen molar-refractivity contribution in [3.63, 3.8) is 0 Å². The first-order valence-corrected chi connectivity index (χ1v) is 10.3. The van der Waals surface area contributed by atoms with E-state index >= 15 is 0 Å². The molecule has 32 heavy (non-hydrogen) atoms. The van der Waals surface area contributed by atoms with Gasteiger partial charge >= 0.3 is 0 Å². The van der Waals surface area contributed by atoms with Gasteiger partial charge in [0.05, 0.1) is 0 Å². The first-order valence-electron chi connectivity index (χ1n) is 9.47. The van der Waals surface area contributed by atoms with E-state index in [0.29, 0.717) is 10.6 Å². The Morgan fingerprint density at radius 2 is 1.81 bits per heavy atom. The van der Waals surface area contributed by atoms with Crippen LogP contribution in [-0.2, 0) is 5.92 Å². The topological polar surface area (TPSA) is 38.1 Å². The maximum atomic E-state index is 14.2. The number of alkyl halides is 2. The van der Waals surface area contributed by atoms with Gasteiger partial charge in [0.1, 0.15) is 30.6 Å². The molecule has 4 aromatic rings. The SMILES string of the molecule is [B]c1cc(C(F)(F)/C=C/C)cc2nc(Nc3ccc(Sc4ccc(F)cc4F)cc3)oc12. The van der Waals surface area contributed by atoms with Crippen LogP contribution in [0, 0.1) is 11.6 Å². The van der Waals surface area contributed by atoms with Gasteiger partial charge in [0.2, 0.25) is 0 Å². The number of hydrogen-bond acceptors (Lipinski definition) is 4. The van der Waals surface area contributed by atoms with Crippen LogP contribution in [0.1, 0.15) is 12.5 Å². The summed E-state index contributed by atoms with van der Waals surface area (Å²) in [5.41, 5.74) is 0.779. The van der Waals surface area contributed by atoms with E-state index in [4.69, 9.17) is 12.3 Å². The van der Waals surface area contributed by atoms with E-state index in [1.54, 1.807) is 24.3 Å². The van der Waals surface area contributed by atoms with Crippen LogP contribution in [0.4, 0.5) is 29.3 Å². The Balaban J connectivity index is 1.53. The van der Waals surface area contributed by atoms with Crippen LogP contribution < -0.4 is 10.8 Å². The number of halogens is 4. The molecule has 9 heteroatoms. The maximum Gasteiger partial charge on any atom is 0.300 e. The van der Waals surface area contributed by atoms with Crippen molar-refractivity contribution in [2.24, 2.45) is 0 Å². The van der Waals surface area contributed by atoms with E-state index in [0.717, 1.165) is 34.9 Å². The maximum absolute atomic E-state index is 14.2. The van der Waals surface area contributed by atoms with Crippen molar-refractivity contribution in [1.82, 2.24) is 4.98 Å². The Morgan fingerprint density at radius 1 is 1.06 bits per heavy atom. The van der Waals surface area contributed by atoms with Crippen molar-refractivity contribution >= 4 is 47.9 Å². The summed E-state index contributed by atoms with van der Waals surface area (Å²) in [6.07, 6.45) is 2.05. The second-order valence-electron chi connectivity index (χ2n) is 6.88. The fourth-order valence-electron chi connectivity index (χ4n) is 3.02. The first-order chi connectivity index (χ1) is 15.2. The number of hydrogen-bond donors (Lipinski definition) is 1. The minimum atomic E-state index is -3.18. The summed E-state index contributed by atoms with van der Waals surface area (Å²) >= 11 is 1.15. The lowest BCUT2D eigenvalue weighted by molar-refractivity contribution is 0.0522. The van der Waals surface area contributed by atoms with E-state index in [-0.39, 0.29) is 28.1 Å². The number of oxazole rings is 1. The van der Waals surface area contributed by atoms with E-state index in [9.17, 15) is 17.6 Å². The molecule has 3 aromatic carbocycles. The number of anilines is 2. The molecule has 0 amide bonds. The van der Waals surface area contributed by atoms with Gasteiger partial charge in [0, 0.05) is 27.1 Å². The molecule has 1 aromatic heterocycles. The quantitative estimate of drug-likeness (QED) is 0.206. The fourth-order valence-corrected chi connectivity index (χ4v) is 3.84. The molecule has 0 spiro atoms. The number of benzene rings is 3. The number of aromatic nitrogens is 1. The number of nitrogens with zero attached hydrogens (tertiary/aromatic N) is 1. The summed E-state index contributed by atoms with van der Waals surface area (Å²) in [5, 5.41) is 2.95. The van der Waals surface area contributed by atoms with Gasteiger partial charge < -0.3 is 9.73 Å². The second-order valence-corrected chi connectivity index (χ2v) is 8.00. The second kappa shape index (κ2) is 8.74. The molecule has 0 fully saturated rings. The summed E-state index contributed by atoms with van der Waals surface area (Å²) < 4.78 is 60.8. The molecule has 0 bridgehead atoms. The highest BCUT2D eigenvalue weighted by molar-refractivity contribution is 7.99. The zero-order valence-corrected chi connectivity index (χ0v) is 17.5. The predicted molar refractivity (Wildman–Crippen MR) is 118 cm³/mol. The van der Waals surface area contributed by atoms with E-state index in [2.05, 4.69) is 10.3 Å². The van der Waals surface area contributed by atoms with Gasteiger partial charge in [0.25, 0.3) is 11.9 Å². The molecule has 160 valence electrons. The van der Waals surface area contributed by atoms with Crippen molar-refractivity contribution in [1.29, 1.82) is 0 Å². The predicted octanol–water partition coefficient (Wildman–Crippen LogP) is 6.46. The third-order valence-electron chi connectivity index (χ3n) is 4.51. The summed E-state index contributed by atoms with van der Waals surface area (Å²) in [6, 6.07) is 12.8. The van der Waals surface area contributed by atoms with Crippen LogP contribution in [0.3, 0.4) is 0 Å². The molecule has 1 heterocycles. The Hall–Kier alpha value is -3.20.